The summed E-state index contributed by atoms with van der Waals surface area (Å²) in [5, 5.41) is 0. The maximum Gasteiger partial charge on any atom is 0.118 e. The summed E-state index contributed by atoms with van der Waals surface area (Å²) in [4.78, 5) is 2.78. The Morgan fingerprint density at radius 3 is 2.42 bits per heavy atom. The molecule has 3 fully saturated rings. The number of nitrogens with zero attached hydrogens (tertiary/aromatic N) is 1. The Balaban J connectivity index is 1.72. The largest absolute Gasteiger partial charge is 0.497 e. The molecule has 0 radical (unpaired) electrons. The van der Waals surface area contributed by atoms with Gasteiger partial charge in [0.25, 0.3) is 0 Å². The molecule has 134 valence electrons. The zero-order chi connectivity index (χ0) is 17.3. The van der Waals surface area contributed by atoms with Crippen molar-refractivity contribution in [1.29, 1.82) is 0 Å². The fourth-order valence-corrected chi connectivity index (χ4v) is 5.29. The van der Waals surface area contributed by atoms with Crippen LogP contribution in [-0.4, -0.2) is 24.6 Å². The Hall–Kier alpha value is -1.02. The van der Waals surface area contributed by atoms with Crippen molar-refractivity contribution < 1.29 is 4.74 Å². The molecule has 0 N–H and O–H groups in total. The predicted molar refractivity (Wildman–Crippen MR) is 101 cm³/mol. The molecule has 4 rings (SSSR count). The van der Waals surface area contributed by atoms with Crippen molar-refractivity contribution in [3.8, 4) is 5.75 Å². The number of benzene rings is 1. The van der Waals surface area contributed by atoms with Crippen LogP contribution in [0.1, 0.15) is 58.9 Å². The molecule has 0 amide bonds. The van der Waals surface area contributed by atoms with E-state index >= 15 is 0 Å². The quantitative estimate of drug-likeness (QED) is 0.667. The molecule has 3 aliphatic carbocycles. The number of hydrogen-bond donors (Lipinski definition) is 0. The number of methoxy groups -OCH3 is 1. The summed E-state index contributed by atoms with van der Waals surface area (Å²) in [6.07, 6.45) is 5.44. The van der Waals surface area contributed by atoms with Gasteiger partial charge in [0.1, 0.15) is 5.75 Å². The number of fused-ring (bicyclic) bond motifs is 2. The van der Waals surface area contributed by atoms with Gasteiger partial charge in [0.15, 0.2) is 0 Å². The molecule has 0 spiro atoms. The number of unbranched alkanes of at least 4 members (excludes halogenated alkanes) is 1. The van der Waals surface area contributed by atoms with Crippen molar-refractivity contribution in [3.63, 3.8) is 0 Å². The summed E-state index contributed by atoms with van der Waals surface area (Å²) in [7, 11) is 1.74. The van der Waals surface area contributed by atoms with Crippen LogP contribution in [0.2, 0.25) is 0 Å². The van der Waals surface area contributed by atoms with E-state index in [0.29, 0.717) is 5.41 Å². The van der Waals surface area contributed by atoms with E-state index in [9.17, 15) is 0 Å². The van der Waals surface area contributed by atoms with E-state index in [-0.39, 0.29) is 0 Å². The summed E-state index contributed by atoms with van der Waals surface area (Å²) in [5.41, 5.74) is 1.99. The Labute approximate surface area is 148 Å². The molecule has 1 aromatic rings. The fraction of sp³-hybridized carbons (Fsp3) is 0.727. The van der Waals surface area contributed by atoms with E-state index in [1.807, 2.05) is 0 Å². The van der Waals surface area contributed by atoms with E-state index in [4.69, 9.17) is 4.74 Å². The smallest absolute Gasteiger partial charge is 0.118 e. The highest BCUT2D eigenvalue weighted by atomic mass is 16.5. The van der Waals surface area contributed by atoms with E-state index < -0.39 is 0 Å². The van der Waals surface area contributed by atoms with Crippen LogP contribution in [0.4, 0.5) is 0 Å². The molecule has 4 atom stereocenters. The molecule has 0 heterocycles. The molecule has 2 heteroatoms. The lowest BCUT2D eigenvalue weighted by Crippen LogP contribution is -2.60. The average Bonchev–Trinajstić information content (AvgIpc) is 2.59. The maximum atomic E-state index is 5.30. The van der Waals surface area contributed by atoms with Gasteiger partial charge in [0, 0.05) is 12.6 Å². The summed E-state index contributed by atoms with van der Waals surface area (Å²) >= 11 is 0. The van der Waals surface area contributed by atoms with E-state index in [0.717, 1.165) is 36.1 Å². The molecule has 2 bridgehead atoms. The van der Waals surface area contributed by atoms with E-state index in [1.54, 1.807) is 7.11 Å². The molecule has 0 aromatic heterocycles. The summed E-state index contributed by atoms with van der Waals surface area (Å²) in [6, 6.07) is 9.41. The normalized spacial score (nSPS) is 30.9. The van der Waals surface area contributed by atoms with Crippen molar-refractivity contribution in [2.75, 3.05) is 13.7 Å². The first-order valence-corrected chi connectivity index (χ1v) is 9.84. The van der Waals surface area contributed by atoms with Gasteiger partial charge >= 0.3 is 0 Å². The van der Waals surface area contributed by atoms with Crippen LogP contribution in [0.5, 0.6) is 5.75 Å². The zero-order valence-electron chi connectivity index (χ0n) is 16.2. The van der Waals surface area contributed by atoms with Gasteiger partial charge in [-0.25, -0.2) is 0 Å². The predicted octanol–water partition coefficient (Wildman–Crippen LogP) is 5.37. The van der Waals surface area contributed by atoms with Crippen LogP contribution in [0.3, 0.4) is 0 Å². The second-order valence-electron chi connectivity index (χ2n) is 8.69. The van der Waals surface area contributed by atoms with Gasteiger partial charge in [-0.15, -0.1) is 0 Å². The van der Waals surface area contributed by atoms with Crippen LogP contribution in [-0.2, 0) is 6.54 Å². The first-order valence-electron chi connectivity index (χ1n) is 9.84. The highest BCUT2D eigenvalue weighted by Gasteiger charge is 2.56. The van der Waals surface area contributed by atoms with Crippen LogP contribution in [0.15, 0.2) is 24.3 Å². The van der Waals surface area contributed by atoms with E-state index in [1.165, 1.54) is 37.8 Å². The van der Waals surface area contributed by atoms with Gasteiger partial charge in [-0.3, -0.25) is 4.90 Å². The minimum absolute atomic E-state index is 0.576. The third kappa shape index (κ3) is 3.22. The molecule has 0 unspecified atom stereocenters. The highest BCUT2D eigenvalue weighted by Crippen LogP contribution is 2.62. The molecule has 1 aromatic carbocycles. The van der Waals surface area contributed by atoms with Crippen molar-refractivity contribution in [2.45, 2.75) is 66.0 Å². The van der Waals surface area contributed by atoms with Gasteiger partial charge in [-0.1, -0.05) is 46.2 Å². The topological polar surface area (TPSA) is 12.5 Å². The number of ether oxygens (including phenoxy) is 1. The van der Waals surface area contributed by atoms with Crippen molar-refractivity contribution in [3.05, 3.63) is 29.8 Å². The lowest BCUT2D eigenvalue weighted by atomic mass is 9.44. The summed E-state index contributed by atoms with van der Waals surface area (Å²) in [5.74, 6) is 3.62. The lowest BCUT2D eigenvalue weighted by Gasteiger charge is -2.63. The Bertz CT molecular complexity index is 535. The monoisotopic (exact) mass is 329 g/mol. The number of rotatable bonds is 7. The van der Waals surface area contributed by atoms with Crippen LogP contribution in [0, 0.1) is 23.2 Å². The molecule has 0 saturated heterocycles. The van der Waals surface area contributed by atoms with Gasteiger partial charge < -0.3 is 4.74 Å². The van der Waals surface area contributed by atoms with Gasteiger partial charge in [-0.05, 0) is 66.7 Å². The lowest BCUT2D eigenvalue weighted by molar-refractivity contribution is -0.140. The SMILES string of the molecule is CCCCN(Cc1ccc(OC)cc1)[C@@H]1C[C@@H]2C[C@H]([C@H]1C)C2(C)C. The van der Waals surface area contributed by atoms with Crippen molar-refractivity contribution >= 4 is 0 Å². The van der Waals surface area contributed by atoms with Gasteiger partial charge in [0.2, 0.25) is 0 Å². The van der Waals surface area contributed by atoms with Gasteiger partial charge in [0.05, 0.1) is 7.11 Å². The fourth-order valence-electron chi connectivity index (χ4n) is 5.29. The van der Waals surface area contributed by atoms with E-state index in [2.05, 4.69) is 56.9 Å². The second-order valence-corrected chi connectivity index (χ2v) is 8.69. The van der Waals surface area contributed by atoms with Gasteiger partial charge in [-0.2, -0.15) is 0 Å². The summed E-state index contributed by atoms with van der Waals surface area (Å²) in [6.45, 7) is 12.1. The molecular formula is C22H35NO. The van der Waals surface area contributed by atoms with Crippen molar-refractivity contribution in [1.82, 2.24) is 4.90 Å². The van der Waals surface area contributed by atoms with Crippen molar-refractivity contribution in [2.24, 2.45) is 23.2 Å². The Morgan fingerprint density at radius 2 is 1.88 bits per heavy atom. The number of hydrogen-bond acceptors (Lipinski definition) is 2. The summed E-state index contributed by atoms with van der Waals surface area (Å²) < 4.78 is 5.30. The Kier molecular flexibility index (Phi) is 5.24. The third-order valence-corrected chi connectivity index (χ3v) is 7.13. The minimum Gasteiger partial charge on any atom is -0.497 e. The zero-order valence-corrected chi connectivity index (χ0v) is 16.2. The molecule has 2 nitrogen and oxygen atoms in total. The molecule has 3 aliphatic rings. The standard InChI is InChI=1S/C22H35NO/c1-6-7-12-23(15-17-8-10-19(24-5)11-9-17)21-14-18-13-20(16(21)2)22(18,3)4/h8-11,16,18,20-21H,6-7,12-15H2,1-5H3/t16-,18+,20-,21-/m1/s1. The first kappa shape index (κ1) is 17.8. The minimum atomic E-state index is 0.576. The van der Waals surface area contributed by atoms with Crippen LogP contribution in [0.25, 0.3) is 0 Å². The second kappa shape index (κ2) is 7.07. The van der Waals surface area contributed by atoms with Crippen LogP contribution < -0.4 is 4.74 Å². The molecular weight excluding hydrogens is 294 g/mol. The Morgan fingerprint density at radius 1 is 1.17 bits per heavy atom. The molecule has 24 heavy (non-hydrogen) atoms. The maximum absolute atomic E-state index is 5.30. The van der Waals surface area contributed by atoms with Crippen LogP contribution >= 0.6 is 0 Å². The average molecular weight is 330 g/mol. The third-order valence-electron chi connectivity index (χ3n) is 7.13. The molecule has 0 aliphatic heterocycles. The molecule has 3 saturated carbocycles. The first-order chi connectivity index (χ1) is 11.5. The highest BCUT2D eigenvalue weighted by molar-refractivity contribution is 5.27.